The fourth-order valence-corrected chi connectivity index (χ4v) is 1.30. The molecule has 0 heterocycles. The Kier molecular flexibility index (Phi) is 3.05. The van der Waals surface area contributed by atoms with Gasteiger partial charge in [-0.2, -0.15) is 0 Å². The lowest BCUT2D eigenvalue weighted by Gasteiger charge is -2.06. The van der Waals surface area contributed by atoms with Gasteiger partial charge in [0.25, 0.3) is 0 Å². The molecule has 1 aromatic carbocycles. The molecule has 0 spiro atoms. The minimum atomic E-state index is -1.31. The van der Waals surface area contributed by atoms with E-state index in [1.165, 1.54) is 0 Å². The third-order valence-electron chi connectivity index (χ3n) is 1.50. The van der Waals surface area contributed by atoms with E-state index in [4.69, 9.17) is 28.9 Å². The van der Waals surface area contributed by atoms with Crippen molar-refractivity contribution in [3.63, 3.8) is 0 Å². The Morgan fingerprint density at radius 2 is 1.31 bits per heavy atom. The fraction of sp³-hybridized carbons (Fsp3) is 0.143. The molecule has 1 aromatic rings. The summed E-state index contributed by atoms with van der Waals surface area (Å²) in [5.41, 5.74) is 4.50. The van der Waals surface area contributed by atoms with Gasteiger partial charge in [-0.05, 0) is 0 Å². The van der Waals surface area contributed by atoms with Crippen molar-refractivity contribution in [2.45, 2.75) is 6.54 Å². The molecule has 0 saturated heterocycles. The average Bonchev–Trinajstić information content (AvgIpc) is 2.13. The number of halogens is 5. The predicted molar refractivity (Wildman–Crippen MR) is 44.2 cm³/mol. The van der Waals surface area contributed by atoms with E-state index in [0.29, 0.717) is 0 Å². The summed E-state index contributed by atoms with van der Waals surface area (Å²) in [4.78, 5) is 0. The summed E-state index contributed by atoms with van der Waals surface area (Å²) in [5, 5.41) is -1.68. The topological polar surface area (TPSA) is 26.0 Å². The van der Waals surface area contributed by atoms with Crippen LogP contribution in [0.4, 0.5) is 13.2 Å². The van der Waals surface area contributed by atoms with Crippen molar-refractivity contribution >= 4 is 23.2 Å². The van der Waals surface area contributed by atoms with E-state index in [2.05, 4.69) is 0 Å². The van der Waals surface area contributed by atoms with Gasteiger partial charge in [0.05, 0.1) is 0 Å². The molecule has 0 unspecified atom stereocenters. The van der Waals surface area contributed by atoms with Crippen LogP contribution in [0.1, 0.15) is 5.56 Å². The summed E-state index contributed by atoms with van der Waals surface area (Å²) >= 11 is 10.4. The SMILES string of the molecule is NCc1c(F)c(Cl)c(F)c(Cl)c1F. The second-order valence-electron chi connectivity index (χ2n) is 2.25. The molecule has 0 saturated carbocycles. The van der Waals surface area contributed by atoms with E-state index < -0.39 is 39.6 Å². The predicted octanol–water partition coefficient (Wildman–Crippen LogP) is 2.87. The molecule has 0 radical (unpaired) electrons. The van der Waals surface area contributed by atoms with Crippen LogP contribution < -0.4 is 5.73 Å². The summed E-state index contributed by atoms with van der Waals surface area (Å²) in [5.74, 6) is -3.72. The van der Waals surface area contributed by atoms with Crippen LogP contribution in [0.25, 0.3) is 0 Å². The molecule has 72 valence electrons. The van der Waals surface area contributed by atoms with Gasteiger partial charge < -0.3 is 5.73 Å². The molecule has 0 aromatic heterocycles. The first-order valence-corrected chi connectivity index (χ1v) is 3.96. The minimum Gasteiger partial charge on any atom is -0.326 e. The van der Waals surface area contributed by atoms with Crippen LogP contribution in [0.3, 0.4) is 0 Å². The van der Waals surface area contributed by atoms with Crippen LogP contribution in [-0.4, -0.2) is 0 Å². The van der Waals surface area contributed by atoms with Crippen molar-refractivity contribution in [2.24, 2.45) is 5.73 Å². The zero-order valence-corrected chi connectivity index (χ0v) is 7.69. The van der Waals surface area contributed by atoms with E-state index in [1.807, 2.05) is 0 Å². The standard InChI is InChI=1S/C7H4Cl2F3N/c8-3-5(10)2(1-13)6(11)4(9)7(3)12/h1,13H2. The van der Waals surface area contributed by atoms with Crippen LogP contribution in [0.5, 0.6) is 0 Å². The van der Waals surface area contributed by atoms with Crippen molar-refractivity contribution < 1.29 is 13.2 Å². The quantitative estimate of drug-likeness (QED) is 0.582. The van der Waals surface area contributed by atoms with Crippen LogP contribution in [0.2, 0.25) is 10.0 Å². The Hall–Kier alpha value is -0.450. The minimum absolute atomic E-state index is 0.433. The molecule has 13 heavy (non-hydrogen) atoms. The normalized spacial score (nSPS) is 10.6. The summed E-state index contributed by atoms with van der Waals surface area (Å²) in [6.07, 6.45) is 0. The highest BCUT2D eigenvalue weighted by Gasteiger charge is 2.21. The maximum atomic E-state index is 13.0. The Morgan fingerprint density at radius 3 is 1.62 bits per heavy atom. The molecule has 0 aliphatic carbocycles. The van der Waals surface area contributed by atoms with Crippen molar-refractivity contribution in [1.29, 1.82) is 0 Å². The van der Waals surface area contributed by atoms with E-state index in [-0.39, 0.29) is 0 Å². The average molecular weight is 230 g/mol. The van der Waals surface area contributed by atoms with Gasteiger partial charge in [0.15, 0.2) is 17.5 Å². The molecule has 2 N–H and O–H groups in total. The van der Waals surface area contributed by atoms with E-state index in [1.54, 1.807) is 0 Å². The van der Waals surface area contributed by atoms with Gasteiger partial charge in [0.2, 0.25) is 0 Å². The van der Waals surface area contributed by atoms with Crippen LogP contribution in [0.15, 0.2) is 0 Å². The van der Waals surface area contributed by atoms with Crippen molar-refractivity contribution in [1.82, 2.24) is 0 Å². The molecule has 0 aliphatic rings. The van der Waals surface area contributed by atoms with Gasteiger partial charge in [-0.15, -0.1) is 0 Å². The molecule has 0 amide bonds. The highest BCUT2D eigenvalue weighted by molar-refractivity contribution is 6.35. The summed E-state index contributed by atoms with van der Waals surface area (Å²) in [6.45, 7) is -0.433. The molecule has 0 bridgehead atoms. The van der Waals surface area contributed by atoms with E-state index in [0.717, 1.165) is 0 Å². The van der Waals surface area contributed by atoms with Crippen molar-refractivity contribution in [3.05, 3.63) is 33.1 Å². The van der Waals surface area contributed by atoms with Crippen LogP contribution in [-0.2, 0) is 6.54 Å². The Balaban J connectivity index is 3.56. The van der Waals surface area contributed by atoms with Gasteiger partial charge in [-0.3, -0.25) is 0 Å². The second-order valence-corrected chi connectivity index (χ2v) is 3.01. The largest absolute Gasteiger partial charge is 0.326 e. The van der Waals surface area contributed by atoms with Crippen LogP contribution >= 0.6 is 23.2 Å². The molecule has 1 nitrogen and oxygen atoms in total. The van der Waals surface area contributed by atoms with E-state index in [9.17, 15) is 13.2 Å². The smallest absolute Gasteiger partial charge is 0.166 e. The first kappa shape index (κ1) is 10.6. The van der Waals surface area contributed by atoms with Gasteiger partial charge in [0.1, 0.15) is 10.0 Å². The third-order valence-corrected chi connectivity index (χ3v) is 2.17. The number of benzene rings is 1. The van der Waals surface area contributed by atoms with Crippen molar-refractivity contribution in [2.75, 3.05) is 0 Å². The molecular formula is C7H4Cl2F3N. The lowest BCUT2D eigenvalue weighted by Crippen LogP contribution is -2.06. The number of hydrogen-bond donors (Lipinski definition) is 1. The Labute approximate surface area is 82.2 Å². The van der Waals surface area contributed by atoms with Gasteiger partial charge in [0, 0.05) is 12.1 Å². The zero-order valence-electron chi connectivity index (χ0n) is 6.17. The molecule has 6 heteroatoms. The maximum absolute atomic E-state index is 13.0. The maximum Gasteiger partial charge on any atom is 0.166 e. The zero-order chi connectivity index (χ0) is 10.2. The fourth-order valence-electron chi connectivity index (χ4n) is 0.830. The monoisotopic (exact) mass is 229 g/mol. The Bertz CT molecular complexity index is 325. The number of rotatable bonds is 1. The first-order chi connectivity index (χ1) is 6.00. The highest BCUT2D eigenvalue weighted by atomic mass is 35.5. The molecule has 0 atom stereocenters. The molecule has 0 aliphatic heterocycles. The molecular weight excluding hydrogens is 226 g/mol. The lowest BCUT2D eigenvalue weighted by atomic mass is 10.2. The van der Waals surface area contributed by atoms with E-state index >= 15 is 0 Å². The summed E-state index contributed by atoms with van der Waals surface area (Å²) in [7, 11) is 0. The van der Waals surface area contributed by atoms with Gasteiger partial charge in [-0.1, -0.05) is 23.2 Å². The van der Waals surface area contributed by atoms with Gasteiger partial charge >= 0.3 is 0 Å². The highest BCUT2D eigenvalue weighted by Crippen LogP contribution is 2.31. The number of nitrogens with two attached hydrogens (primary N) is 1. The summed E-state index contributed by atoms with van der Waals surface area (Å²) < 4.78 is 38.7. The van der Waals surface area contributed by atoms with Gasteiger partial charge in [-0.25, -0.2) is 13.2 Å². The molecule has 0 fully saturated rings. The first-order valence-electron chi connectivity index (χ1n) is 3.21. The summed E-state index contributed by atoms with van der Waals surface area (Å²) in [6, 6.07) is 0. The second kappa shape index (κ2) is 3.74. The van der Waals surface area contributed by atoms with Crippen molar-refractivity contribution in [3.8, 4) is 0 Å². The lowest BCUT2D eigenvalue weighted by molar-refractivity contribution is 0.525. The van der Waals surface area contributed by atoms with Crippen LogP contribution in [0, 0.1) is 17.5 Å². The number of hydrogen-bond acceptors (Lipinski definition) is 1. The Morgan fingerprint density at radius 1 is 0.923 bits per heavy atom. The molecule has 1 rings (SSSR count). The third kappa shape index (κ3) is 1.61.